The molecule has 0 unspecified atom stereocenters. The molecular weight excluding hydrogens is 236 g/mol. The van der Waals surface area contributed by atoms with Crippen molar-refractivity contribution in [2.45, 2.75) is 25.8 Å². The lowest BCUT2D eigenvalue weighted by atomic mass is 10.0. The molecule has 1 aromatic rings. The summed E-state index contributed by atoms with van der Waals surface area (Å²) in [5, 5.41) is 20.4. The molecule has 6 nitrogen and oxygen atoms in total. The maximum absolute atomic E-state index is 11.9. The molecule has 0 bridgehead atoms. The summed E-state index contributed by atoms with van der Waals surface area (Å²) in [5.74, 6) is -1.57. The Balaban J connectivity index is 2.84. The van der Waals surface area contributed by atoms with Gasteiger partial charge in [0.05, 0.1) is 0 Å². The van der Waals surface area contributed by atoms with E-state index < -0.39 is 17.4 Å². The van der Waals surface area contributed by atoms with Crippen LogP contribution in [0.1, 0.15) is 41.1 Å². The number of hydrogen-bond acceptors (Lipinski definition) is 4. The highest BCUT2D eigenvalue weighted by Crippen LogP contribution is 2.10. The molecule has 0 aliphatic carbocycles. The SMILES string of the molecule is CC(C)(CCO)NC(=O)c1ccnc(C(=O)O)c1. The predicted molar refractivity (Wildman–Crippen MR) is 64.4 cm³/mol. The lowest BCUT2D eigenvalue weighted by Crippen LogP contribution is -2.44. The van der Waals surface area contributed by atoms with E-state index in [1.54, 1.807) is 13.8 Å². The minimum absolute atomic E-state index is 0.0377. The van der Waals surface area contributed by atoms with Gasteiger partial charge in [-0.2, -0.15) is 0 Å². The van der Waals surface area contributed by atoms with Crippen LogP contribution in [0.2, 0.25) is 0 Å². The van der Waals surface area contributed by atoms with E-state index in [1.807, 2.05) is 0 Å². The molecule has 1 rings (SSSR count). The van der Waals surface area contributed by atoms with Gasteiger partial charge in [-0.25, -0.2) is 9.78 Å². The fraction of sp³-hybridized carbons (Fsp3) is 0.417. The van der Waals surface area contributed by atoms with Crippen molar-refractivity contribution in [1.82, 2.24) is 10.3 Å². The van der Waals surface area contributed by atoms with E-state index in [1.165, 1.54) is 18.3 Å². The zero-order valence-electron chi connectivity index (χ0n) is 10.3. The van der Waals surface area contributed by atoms with Gasteiger partial charge in [0.25, 0.3) is 5.91 Å². The van der Waals surface area contributed by atoms with Gasteiger partial charge in [0.1, 0.15) is 5.69 Å². The second-order valence-electron chi connectivity index (χ2n) is 4.55. The Hall–Kier alpha value is -1.95. The van der Waals surface area contributed by atoms with Crippen molar-refractivity contribution in [3.8, 4) is 0 Å². The summed E-state index contributed by atoms with van der Waals surface area (Å²) in [6.07, 6.45) is 1.69. The van der Waals surface area contributed by atoms with Crippen LogP contribution in [0.4, 0.5) is 0 Å². The highest BCUT2D eigenvalue weighted by Gasteiger charge is 2.21. The van der Waals surface area contributed by atoms with Crippen LogP contribution in [0.25, 0.3) is 0 Å². The highest BCUT2D eigenvalue weighted by atomic mass is 16.4. The topological polar surface area (TPSA) is 99.5 Å². The smallest absolute Gasteiger partial charge is 0.354 e. The van der Waals surface area contributed by atoms with E-state index in [0.717, 1.165) is 0 Å². The summed E-state index contributed by atoms with van der Waals surface area (Å²) >= 11 is 0. The van der Waals surface area contributed by atoms with Crippen LogP contribution in [0.15, 0.2) is 18.3 Å². The number of aromatic nitrogens is 1. The van der Waals surface area contributed by atoms with Gasteiger partial charge in [-0.05, 0) is 32.4 Å². The molecule has 1 heterocycles. The lowest BCUT2D eigenvalue weighted by molar-refractivity contribution is 0.0690. The molecule has 0 spiro atoms. The van der Waals surface area contributed by atoms with Crippen molar-refractivity contribution in [2.75, 3.05) is 6.61 Å². The van der Waals surface area contributed by atoms with Gasteiger partial charge in [0.15, 0.2) is 0 Å². The normalized spacial score (nSPS) is 11.1. The molecule has 0 saturated carbocycles. The van der Waals surface area contributed by atoms with E-state index in [9.17, 15) is 9.59 Å². The number of rotatable bonds is 5. The van der Waals surface area contributed by atoms with E-state index in [-0.39, 0.29) is 17.9 Å². The van der Waals surface area contributed by atoms with E-state index in [0.29, 0.717) is 6.42 Å². The standard InChI is InChI=1S/C12H16N2O4/c1-12(2,4-6-15)14-10(16)8-3-5-13-9(7-8)11(17)18/h3,5,7,15H,4,6H2,1-2H3,(H,14,16)(H,17,18). The van der Waals surface area contributed by atoms with Gasteiger partial charge in [-0.1, -0.05) is 0 Å². The Kier molecular flexibility index (Phi) is 4.38. The van der Waals surface area contributed by atoms with Gasteiger partial charge in [0.2, 0.25) is 0 Å². The Morgan fingerprint density at radius 1 is 1.44 bits per heavy atom. The zero-order chi connectivity index (χ0) is 13.8. The van der Waals surface area contributed by atoms with Crippen molar-refractivity contribution in [3.05, 3.63) is 29.6 Å². The first kappa shape index (κ1) is 14.1. The molecule has 1 amide bonds. The lowest BCUT2D eigenvalue weighted by Gasteiger charge is -2.25. The minimum atomic E-state index is -1.18. The molecule has 98 valence electrons. The van der Waals surface area contributed by atoms with Gasteiger partial charge in [-0.3, -0.25) is 4.79 Å². The maximum Gasteiger partial charge on any atom is 0.354 e. The molecular formula is C12H16N2O4. The average Bonchev–Trinajstić information content (AvgIpc) is 2.28. The number of aliphatic hydroxyl groups is 1. The van der Waals surface area contributed by atoms with Crippen LogP contribution in [0.3, 0.4) is 0 Å². The predicted octanol–water partition coefficient (Wildman–Crippen LogP) is 0.671. The van der Waals surface area contributed by atoms with Crippen molar-refractivity contribution >= 4 is 11.9 Å². The first-order chi connectivity index (χ1) is 8.35. The molecule has 0 aromatic carbocycles. The summed E-state index contributed by atoms with van der Waals surface area (Å²) in [4.78, 5) is 26.3. The number of aliphatic hydroxyl groups excluding tert-OH is 1. The maximum atomic E-state index is 11.9. The van der Waals surface area contributed by atoms with Crippen molar-refractivity contribution in [1.29, 1.82) is 0 Å². The zero-order valence-corrected chi connectivity index (χ0v) is 10.3. The third kappa shape index (κ3) is 3.81. The number of pyridine rings is 1. The molecule has 3 N–H and O–H groups in total. The molecule has 0 aliphatic rings. The summed E-state index contributed by atoms with van der Waals surface area (Å²) in [5.41, 5.74) is -0.505. The average molecular weight is 252 g/mol. The Labute approximate surface area is 105 Å². The van der Waals surface area contributed by atoms with Crippen LogP contribution in [0, 0.1) is 0 Å². The van der Waals surface area contributed by atoms with Crippen LogP contribution >= 0.6 is 0 Å². The Bertz CT molecular complexity index is 457. The summed E-state index contributed by atoms with van der Waals surface area (Å²) in [6, 6.07) is 2.66. The van der Waals surface area contributed by atoms with Crippen molar-refractivity contribution in [3.63, 3.8) is 0 Å². The number of carbonyl (C=O) groups is 2. The summed E-state index contributed by atoms with van der Waals surface area (Å²) in [6.45, 7) is 3.52. The number of aromatic carboxylic acids is 1. The van der Waals surface area contributed by atoms with Crippen LogP contribution < -0.4 is 5.32 Å². The fourth-order valence-electron chi connectivity index (χ4n) is 1.41. The largest absolute Gasteiger partial charge is 0.477 e. The van der Waals surface area contributed by atoms with E-state index >= 15 is 0 Å². The van der Waals surface area contributed by atoms with Crippen molar-refractivity contribution < 1.29 is 19.8 Å². The quantitative estimate of drug-likeness (QED) is 0.715. The molecule has 0 aliphatic heterocycles. The van der Waals surface area contributed by atoms with E-state index in [2.05, 4.69) is 10.3 Å². The number of amides is 1. The van der Waals surface area contributed by atoms with Gasteiger partial charge in [-0.15, -0.1) is 0 Å². The number of hydrogen-bond donors (Lipinski definition) is 3. The number of carboxylic acids is 1. The monoisotopic (exact) mass is 252 g/mol. The third-order valence-electron chi connectivity index (χ3n) is 2.43. The molecule has 0 fully saturated rings. The summed E-state index contributed by atoms with van der Waals surface area (Å²) in [7, 11) is 0. The minimum Gasteiger partial charge on any atom is -0.477 e. The van der Waals surface area contributed by atoms with Crippen LogP contribution in [-0.2, 0) is 0 Å². The number of nitrogens with one attached hydrogen (secondary N) is 1. The second-order valence-corrected chi connectivity index (χ2v) is 4.55. The van der Waals surface area contributed by atoms with E-state index in [4.69, 9.17) is 10.2 Å². The van der Waals surface area contributed by atoms with Crippen LogP contribution in [0.5, 0.6) is 0 Å². The Morgan fingerprint density at radius 2 is 2.11 bits per heavy atom. The first-order valence-electron chi connectivity index (χ1n) is 5.48. The first-order valence-corrected chi connectivity index (χ1v) is 5.48. The highest BCUT2D eigenvalue weighted by molar-refractivity contribution is 5.96. The van der Waals surface area contributed by atoms with Gasteiger partial charge < -0.3 is 15.5 Å². The number of carboxylic acid groups (broad SMARTS) is 1. The second kappa shape index (κ2) is 5.59. The van der Waals surface area contributed by atoms with Crippen molar-refractivity contribution in [2.24, 2.45) is 0 Å². The molecule has 18 heavy (non-hydrogen) atoms. The summed E-state index contributed by atoms with van der Waals surface area (Å²) < 4.78 is 0. The Morgan fingerprint density at radius 3 is 2.67 bits per heavy atom. The molecule has 1 aromatic heterocycles. The van der Waals surface area contributed by atoms with Gasteiger partial charge >= 0.3 is 5.97 Å². The number of nitrogens with zero attached hydrogens (tertiary/aromatic N) is 1. The van der Waals surface area contributed by atoms with Crippen LogP contribution in [-0.4, -0.2) is 39.2 Å². The molecule has 6 heteroatoms. The van der Waals surface area contributed by atoms with Gasteiger partial charge in [0, 0.05) is 23.9 Å². The fourth-order valence-corrected chi connectivity index (χ4v) is 1.41. The molecule has 0 saturated heterocycles. The molecule has 0 atom stereocenters. The number of carbonyl (C=O) groups excluding carboxylic acids is 1. The third-order valence-corrected chi connectivity index (χ3v) is 2.43. The molecule has 0 radical (unpaired) electrons.